The van der Waals surface area contributed by atoms with E-state index >= 15 is 0 Å². The largest absolute Gasteiger partial charge is 0.493 e. The van der Waals surface area contributed by atoms with Gasteiger partial charge < -0.3 is 9.47 Å². The molecule has 1 heterocycles. The minimum absolute atomic E-state index is 0.0649. The average molecular weight is 469 g/mol. The number of ether oxygens (including phenoxy) is 2. The van der Waals surface area contributed by atoms with Crippen LogP contribution in [0.15, 0.2) is 47.4 Å². The van der Waals surface area contributed by atoms with E-state index in [-0.39, 0.29) is 22.8 Å². The van der Waals surface area contributed by atoms with Crippen molar-refractivity contribution in [3.05, 3.63) is 53.6 Å². The van der Waals surface area contributed by atoms with Gasteiger partial charge in [0.1, 0.15) is 10.6 Å². The number of sulfonamides is 2. The number of rotatable bonds is 9. The Morgan fingerprint density at radius 2 is 1.81 bits per heavy atom. The average Bonchev–Trinajstić information content (AvgIpc) is 2.71. The Bertz CT molecular complexity index is 1110. The summed E-state index contributed by atoms with van der Waals surface area (Å²) >= 11 is 0. The normalized spacial score (nSPS) is 15.5. The van der Waals surface area contributed by atoms with E-state index in [9.17, 15) is 16.8 Å². The molecule has 1 aliphatic rings. The Morgan fingerprint density at radius 3 is 2.52 bits per heavy atom. The lowest BCUT2D eigenvalue weighted by atomic mass is 10.0. The molecule has 0 bridgehead atoms. The van der Waals surface area contributed by atoms with Crippen LogP contribution in [-0.2, 0) is 31.2 Å². The van der Waals surface area contributed by atoms with E-state index in [1.54, 1.807) is 0 Å². The minimum atomic E-state index is -4.06. The monoisotopic (exact) mass is 468 g/mol. The molecule has 1 fully saturated rings. The Hall–Kier alpha value is -2.14. The molecule has 0 aromatic heterocycles. The molecule has 0 spiro atoms. The molecule has 2 aromatic rings. The SMILES string of the molecule is Cc1ccc(CCS(=O)(=O)Nc2ccccc2S(N)(=O)=O)c(OCC2CCOCC2)c1. The van der Waals surface area contributed by atoms with Gasteiger partial charge in [-0.25, -0.2) is 22.0 Å². The van der Waals surface area contributed by atoms with Crippen molar-refractivity contribution in [2.24, 2.45) is 11.1 Å². The van der Waals surface area contributed by atoms with Gasteiger partial charge in [0, 0.05) is 13.2 Å². The first-order chi connectivity index (χ1) is 14.6. The maximum absolute atomic E-state index is 12.6. The number of anilines is 1. The van der Waals surface area contributed by atoms with Gasteiger partial charge in [-0.05, 0) is 61.4 Å². The number of benzene rings is 2. The number of nitrogens with two attached hydrogens (primary N) is 1. The summed E-state index contributed by atoms with van der Waals surface area (Å²) in [6.45, 7) is 3.98. The van der Waals surface area contributed by atoms with Crippen molar-refractivity contribution in [3.63, 3.8) is 0 Å². The van der Waals surface area contributed by atoms with E-state index < -0.39 is 20.0 Å². The Kier molecular flexibility index (Phi) is 7.58. The van der Waals surface area contributed by atoms with Gasteiger partial charge in [0.25, 0.3) is 0 Å². The zero-order chi connectivity index (χ0) is 22.5. The molecule has 170 valence electrons. The quantitative estimate of drug-likeness (QED) is 0.582. The van der Waals surface area contributed by atoms with Gasteiger partial charge in [-0.2, -0.15) is 0 Å². The molecule has 10 heteroatoms. The molecule has 0 amide bonds. The number of nitrogens with one attached hydrogen (secondary N) is 1. The maximum Gasteiger partial charge on any atom is 0.240 e. The number of hydrogen-bond acceptors (Lipinski definition) is 6. The second-order valence-electron chi connectivity index (χ2n) is 7.69. The van der Waals surface area contributed by atoms with Gasteiger partial charge in [-0.1, -0.05) is 24.3 Å². The van der Waals surface area contributed by atoms with Crippen LogP contribution in [0.25, 0.3) is 0 Å². The third-order valence-corrected chi connectivity index (χ3v) is 7.38. The Labute approximate surface area is 183 Å². The van der Waals surface area contributed by atoms with Crippen LogP contribution in [0.3, 0.4) is 0 Å². The summed E-state index contributed by atoms with van der Waals surface area (Å²) in [5.41, 5.74) is 1.74. The first-order valence-electron chi connectivity index (χ1n) is 10.1. The summed E-state index contributed by atoms with van der Waals surface area (Å²) in [6, 6.07) is 11.3. The zero-order valence-corrected chi connectivity index (χ0v) is 19.0. The molecule has 0 radical (unpaired) electrons. The maximum atomic E-state index is 12.6. The van der Waals surface area contributed by atoms with Crippen LogP contribution in [-0.4, -0.2) is 42.4 Å². The van der Waals surface area contributed by atoms with Crippen LogP contribution < -0.4 is 14.6 Å². The number of para-hydroxylation sites is 1. The van der Waals surface area contributed by atoms with Gasteiger partial charge in [-0.15, -0.1) is 0 Å². The smallest absolute Gasteiger partial charge is 0.240 e. The summed E-state index contributed by atoms with van der Waals surface area (Å²) in [5.74, 6) is 0.858. The fourth-order valence-corrected chi connectivity index (χ4v) is 5.25. The highest BCUT2D eigenvalue weighted by Gasteiger charge is 2.20. The highest BCUT2D eigenvalue weighted by atomic mass is 32.2. The predicted octanol–water partition coefficient (Wildman–Crippen LogP) is 2.43. The van der Waals surface area contributed by atoms with Crippen molar-refractivity contribution in [2.75, 3.05) is 30.3 Å². The highest BCUT2D eigenvalue weighted by molar-refractivity contribution is 7.93. The number of hydrogen-bond donors (Lipinski definition) is 2. The molecule has 3 N–H and O–H groups in total. The van der Waals surface area contributed by atoms with Crippen molar-refractivity contribution in [2.45, 2.75) is 31.1 Å². The first kappa shape index (κ1) is 23.5. The number of primary sulfonamides is 1. The molecule has 0 atom stereocenters. The van der Waals surface area contributed by atoms with Gasteiger partial charge in [0.05, 0.1) is 18.0 Å². The lowest BCUT2D eigenvalue weighted by molar-refractivity contribution is 0.0496. The van der Waals surface area contributed by atoms with Gasteiger partial charge >= 0.3 is 0 Å². The van der Waals surface area contributed by atoms with Crippen LogP contribution >= 0.6 is 0 Å². The van der Waals surface area contributed by atoms with Crippen molar-refractivity contribution in [1.82, 2.24) is 0 Å². The summed E-state index contributed by atoms with van der Waals surface area (Å²) < 4.78 is 62.5. The highest BCUT2D eigenvalue weighted by Crippen LogP contribution is 2.25. The molecule has 0 unspecified atom stereocenters. The van der Waals surface area contributed by atoms with E-state index in [2.05, 4.69) is 4.72 Å². The third kappa shape index (κ3) is 6.93. The Balaban J connectivity index is 1.69. The summed E-state index contributed by atoms with van der Waals surface area (Å²) in [4.78, 5) is -0.269. The van der Waals surface area contributed by atoms with Gasteiger partial charge in [0.2, 0.25) is 20.0 Å². The molecular formula is C21H28N2O6S2. The molecule has 1 aliphatic heterocycles. The van der Waals surface area contributed by atoms with E-state index in [0.29, 0.717) is 18.3 Å². The Morgan fingerprint density at radius 1 is 1.10 bits per heavy atom. The molecule has 0 saturated carbocycles. The molecule has 8 nitrogen and oxygen atoms in total. The molecule has 1 saturated heterocycles. The summed E-state index contributed by atoms with van der Waals surface area (Å²) in [7, 11) is -7.88. The van der Waals surface area contributed by atoms with Crippen LogP contribution in [0, 0.1) is 12.8 Å². The van der Waals surface area contributed by atoms with Gasteiger partial charge in [-0.3, -0.25) is 4.72 Å². The van der Waals surface area contributed by atoms with E-state index in [4.69, 9.17) is 14.6 Å². The lowest BCUT2D eigenvalue weighted by Gasteiger charge is -2.23. The summed E-state index contributed by atoms with van der Waals surface area (Å²) in [6.07, 6.45) is 2.11. The fraction of sp³-hybridized carbons (Fsp3) is 0.429. The second-order valence-corrected chi connectivity index (χ2v) is 11.1. The van der Waals surface area contributed by atoms with Crippen LogP contribution in [0.1, 0.15) is 24.0 Å². The standard InChI is InChI=1S/C21H28N2O6S2/c1-16-6-7-18(20(14-16)29-15-17-8-11-28-12-9-17)10-13-30(24,25)23-19-4-2-3-5-21(19)31(22,26)27/h2-7,14,17,23H,8-13,15H2,1H3,(H2,22,26,27). The van der Waals surface area contributed by atoms with Crippen LogP contribution in [0.5, 0.6) is 5.75 Å². The zero-order valence-electron chi connectivity index (χ0n) is 17.4. The van der Waals surface area contributed by atoms with Crippen LogP contribution in [0.4, 0.5) is 5.69 Å². The van der Waals surface area contributed by atoms with Crippen molar-refractivity contribution in [3.8, 4) is 5.75 Å². The lowest BCUT2D eigenvalue weighted by Crippen LogP contribution is -2.22. The molecule has 2 aromatic carbocycles. The molecular weight excluding hydrogens is 440 g/mol. The van der Waals surface area contributed by atoms with Gasteiger partial charge in [0.15, 0.2) is 0 Å². The fourth-order valence-electron chi connectivity index (χ4n) is 3.39. The first-order valence-corrected chi connectivity index (χ1v) is 13.3. The molecule has 3 rings (SSSR count). The number of aryl methyl sites for hydroxylation is 2. The van der Waals surface area contributed by atoms with E-state index in [1.807, 2.05) is 25.1 Å². The van der Waals surface area contributed by atoms with Crippen molar-refractivity contribution < 1.29 is 26.3 Å². The van der Waals surface area contributed by atoms with E-state index in [1.165, 1.54) is 24.3 Å². The summed E-state index contributed by atoms with van der Waals surface area (Å²) in [5, 5.41) is 5.18. The minimum Gasteiger partial charge on any atom is -0.493 e. The predicted molar refractivity (Wildman–Crippen MR) is 119 cm³/mol. The topological polar surface area (TPSA) is 125 Å². The second kappa shape index (κ2) is 9.99. The molecule has 0 aliphatic carbocycles. The van der Waals surface area contributed by atoms with Crippen molar-refractivity contribution >= 4 is 25.7 Å². The van der Waals surface area contributed by atoms with Crippen molar-refractivity contribution in [1.29, 1.82) is 0 Å². The van der Waals surface area contributed by atoms with Crippen LogP contribution in [0.2, 0.25) is 0 Å². The van der Waals surface area contributed by atoms with E-state index in [0.717, 1.165) is 37.2 Å². The third-order valence-electron chi connectivity index (χ3n) is 5.14. The molecule has 31 heavy (non-hydrogen) atoms.